The van der Waals surface area contributed by atoms with Gasteiger partial charge in [0.2, 0.25) is 0 Å². The van der Waals surface area contributed by atoms with Gasteiger partial charge in [-0.25, -0.2) is 14.3 Å². The molecule has 0 aliphatic carbocycles. The number of thiazole rings is 3. The molecule has 0 atom stereocenters. The van der Waals surface area contributed by atoms with Gasteiger partial charge in [-0.3, -0.25) is 20.3 Å². The molecule has 0 fully saturated rings. The first-order valence-corrected chi connectivity index (χ1v) is 34.3. The van der Waals surface area contributed by atoms with Crippen molar-refractivity contribution >= 4 is 57.1 Å². The van der Waals surface area contributed by atoms with Crippen LogP contribution in [0.2, 0.25) is 0 Å². The van der Waals surface area contributed by atoms with Crippen molar-refractivity contribution in [3.8, 4) is 0 Å². The van der Waals surface area contributed by atoms with Gasteiger partial charge in [0.1, 0.15) is 18.3 Å². The highest BCUT2D eigenvalue weighted by Crippen LogP contribution is 2.20. The average molecular weight is 1300 g/mol. The van der Waals surface area contributed by atoms with E-state index in [1.54, 1.807) is 82.9 Å². The number of rotatable bonds is 11. The number of nitrogens with one attached hydrogen (secondary N) is 3. The Balaban J connectivity index is 0.000000484. The first-order valence-electron chi connectivity index (χ1n) is 30.0. The molecule has 0 spiro atoms. The Bertz CT molecular complexity index is 2310. The second kappa shape index (κ2) is 47.4. The van der Waals surface area contributed by atoms with Gasteiger partial charge >= 0.3 is 0 Å². The van der Waals surface area contributed by atoms with Gasteiger partial charge < -0.3 is 13.6 Å². The topological polar surface area (TPSA) is 229 Å². The largest absolute Gasteiger partial charge is 0.365 e. The first kappa shape index (κ1) is 79.4. The number of hydrogen-bond acceptors (Lipinski definition) is 19. The summed E-state index contributed by atoms with van der Waals surface area (Å²) in [6.07, 6.45) is 19.6. The molecule has 11 rings (SSSR count). The Morgan fingerprint density at radius 2 is 1.09 bits per heavy atom. The second-order valence-corrected chi connectivity index (χ2v) is 27.2. The van der Waals surface area contributed by atoms with Crippen LogP contribution in [-0.4, -0.2) is 69.8 Å². The van der Waals surface area contributed by atoms with E-state index in [4.69, 9.17) is 4.52 Å². The van der Waals surface area contributed by atoms with Gasteiger partial charge in [-0.1, -0.05) is 168 Å². The van der Waals surface area contributed by atoms with E-state index in [9.17, 15) is 0 Å². The van der Waals surface area contributed by atoms with Gasteiger partial charge in [-0.05, 0) is 106 Å². The molecule has 11 aromatic rings. The molecule has 0 aromatic carbocycles. The van der Waals surface area contributed by atoms with Crippen molar-refractivity contribution in [2.24, 2.45) is 0 Å². The molecule has 0 saturated heterocycles. The molecule has 0 aliphatic rings. The van der Waals surface area contributed by atoms with Gasteiger partial charge in [0.05, 0.1) is 51.7 Å². The van der Waals surface area contributed by atoms with Crippen LogP contribution in [0.15, 0.2) is 145 Å². The lowest BCUT2D eigenvalue weighted by molar-refractivity contribution is 0.371. The highest BCUT2D eigenvalue weighted by Gasteiger charge is 2.04. The van der Waals surface area contributed by atoms with E-state index in [2.05, 4.69) is 249 Å². The number of aromatic amines is 3. The first-order chi connectivity index (χ1) is 41.8. The fourth-order valence-electron chi connectivity index (χ4n) is 5.87. The van der Waals surface area contributed by atoms with Crippen LogP contribution in [0, 0.1) is 0 Å². The summed E-state index contributed by atoms with van der Waals surface area (Å²) in [7, 11) is 0. The lowest BCUT2D eigenvalue weighted by Crippen LogP contribution is -1.85. The Hall–Kier alpha value is -6.59. The van der Waals surface area contributed by atoms with Crippen LogP contribution in [0.4, 0.5) is 0 Å². The van der Waals surface area contributed by atoms with Crippen LogP contribution in [0.1, 0.15) is 278 Å². The molecule has 0 saturated carbocycles. The zero-order chi connectivity index (χ0) is 65.8. The van der Waals surface area contributed by atoms with E-state index in [1.165, 1.54) is 54.6 Å². The molecule has 484 valence electrons. The summed E-state index contributed by atoms with van der Waals surface area (Å²) < 4.78 is 22.2. The van der Waals surface area contributed by atoms with Gasteiger partial charge in [0.15, 0.2) is 0 Å². The second-order valence-electron chi connectivity index (χ2n) is 23.1. The zero-order valence-electron chi connectivity index (χ0n) is 56.2. The summed E-state index contributed by atoms with van der Waals surface area (Å²) in [4.78, 5) is 15.0. The number of aromatic nitrogens is 14. The molecule has 22 heteroatoms. The summed E-state index contributed by atoms with van der Waals surface area (Å²) in [6, 6.07) is 11.9. The molecule has 0 aliphatic heterocycles. The molecule has 11 aromatic heterocycles. The standard InChI is InChI=1S/3C6H10N2.3C6H9NO.5C6H9NS/c1-5(2)6-3-7-8-4-6;2*1-5(2)6-3-4-7-8-6;1-5(2)6-3-7-8-4-6;1-5(2)6-3-4-8-7-6;1-5(2)6-3-4-7-8-6;1-5(2)6-3-8-4-7-6;1-5(2)6-3-7-4-8-6;1-5(2)6-7-3-4-8-6;1-5(2)6-3-4-8-7-6;1-5(2)6-3-4-7-8-6/h3*3-5H,1-2H3,(H,7,8);8*3-5H,1-2H3. The molecule has 3 N–H and O–H groups in total. The average Bonchev–Trinajstić information content (AvgIpc) is 4.34. The Labute approximate surface area is 546 Å². The lowest BCUT2D eigenvalue weighted by Gasteiger charge is -1.95. The van der Waals surface area contributed by atoms with E-state index in [0.29, 0.717) is 65.1 Å². The maximum absolute atomic E-state index is 4.84. The fraction of sp³-hybridized carbons (Fsp3) is 0.500. The molecule has 88 heavy (non-hydrogen) atoms. The molecular formula is C66H102N14O3S5. The minimum Gasteiger partial charge on any atom is -0.365 e. The monoisotopic (exact) mass is 1300 g/mol. The summed E-state index contributed by atoms with van der Waals surface area (Å²) in [5.41, 5.74) is 12.0. The van der Waals surface area contributed by atoms with Gasteiger partial charge in [-0.2, -0.15) is 19.7 Å². The van der Waals surface area contributed by atoms with E-state index in [1.807, 2.05) is 77.0 Å². The number of nitrogens with zero attached hydrogens (tertiary/aromatic N) is 11. The highest BCUT2D eigenvalue weighted by molar-refractivity contribution is 7.10. The van der Waals surface area contributed by atoms with Crippen LogP contribution in [0.5, 0.6) is 0 Å². The summed E-state index contributed by atoms with van der Waals surface area (Å²) in [5.74, 6) is 7.18. The molecule has 0 amide bonds. The van der Waals surface area contributed by atoms with E-state index in [0.717, 1.165) is 17.0 Å². The molecular weight excluding hydrogens is 1200 g/mol. The fourth-order valence-corrected chi connectivity index (χ4v) is 9.11. The van der Waals surface area contributed by atoms with Crippen molar-refractivity contribution in [1.29, 1.82) is 0 Å². The van der Waals surface area contributed by atoms with Crippen molar-refractivity contribution in [3.63, 3.8) is 0 Å². The number of hydrogen-bond donors (Lipinski definition) is 3. The quantitative estimate of drug-likeness (QED) is 0.109. The van der Waals surface area contributed by atoms with Crippen LogP contribution >= 0.6 is 57.1 Å². The van der Waals surface area contributed by atoms with Gasteiger partial charge in [0, 0.05) is 104 Å². The van der Waals surface area contributed by atoms with Crippen molar-refractivity contribution in [3.05, 3.63) is 192 Å². The Morgan fingerprint density at radius 3 is 1.32 bits per heavy atom. The Morgan fingerprint density at radius 1 is 0.455 bits per heavy atom. The molecule has 0 radical (unpaired) electrons. The minimum atomic E-state index is 0.456. The van der Waals surface area contributed by atoms with Crippen LogP contribution < -0.4 is 0 Å². The van der Waals surface area contributed by atoms with E-state index >= 15 is 0 Å². The molecule has 11 heterocycles. The SMILES string of the molecule is CC(C)c1ccn[nH]1.CC(C)c1ccn[nH]1.CC(C)c1ccno1.CC(C)c1ccns1.CC(C)c1ccon1.CC(C)c1ccsn1.CC(C)c1cn[nH]c1.CC(C)c1cncs1.CC(C)c1cnoc1.CC(C)c1cscn1.CC(C)c1nccs1. The van der Waals surface area contributed by atoms with E-state index < -0.39 is 0 Å². The third-order valence-corrected chi connectivity index (χ3v) is 16.1. The molecule has 17 nitrogen and oxygen atoms in total. The summed E-state index contributed by atoms with van der Waals surface area (Å²) in [6.45, 7) is 46.9. The summed E-state index contributed by atoms with van der Waals surface area (Å²) in [5, 5.41) is 38.2. The third kappa shape index (κ3) is 37.3. The zero-order valence-corrected chi connectivity index (χ0v) is 60.3. The molecule has 0 unspecified atom stereocenters. The van der Waals surface area contributed by atoms with Crippen LogP contribution in [0.25, 0.3) is 0 Å². The maximum Gasteiger partial charge on any atom is 0.139 e. The molecule has 0 bridgehead atoms. The van der Waals surface area contributed by atoms with Crippen LogP contribution in [-0.2, 0) is 0 Å². The summed E-state index contributed by atoms with van der Waals surface area (Å²) >= 11 is 8.20. The van der Waals surface area contributed by atoms with Crippen LogP contribution in [0.3, 0.4) is 0 Å². The normalized spacial score (nSPS) is 10.4. The third-order valence-electron chi connectivity index (χ3n) is 11.8. The van der Waals surface area contributed by atoms with Gasteiger partial charge in [-0.15, -0.1) is 34.0 Å². The van der Waals surface area contributed by atoms with Crippen molar-refractivity contribution < 1.29 is 13.6 Å². The van der Waals surface area contributed by atoms with Crippen molar-refractivity contribution in [2.75, 3.05) is 0 Å². The minimum absolute atomic E-state index is 0.456. The van der Waals surface area contributed by atoms with Crippen molar-refractivity contribution in [1.82, 2.24) is 69.8 Å². The smallest absolute Gasteiger partial charge is 0.139 e. The lowest BCUT2D eigenvalue weighted by atomic mass is 10.1. The van der Waals surface area contributed by atoms with Gasteiger partial charge in [0.25, 0.3) is 0 Å². The maximum atomic E-state index is 4.84. The Kier molecular flexibility index (Phi) is 42.8. The highest BCUT2D eigenvalue weighted by atomic mass is 32.1. The van der Waals surface area contributed by atoms with E-state index in [-0.39, 0.29) is 0 Å². The number of H-pyrrole nitrogens is 3. The van der Waals surface area contributed by atoms with Crippen molar-refractivity contribution in [2.45, 2.75) is 217 Å². The predicted octanol–water partition coefficient (Wildman–Crippen LogP) is 21.3. The predicted molar refractivity (Wildman–Crippen MR) is 371 cm³/mol.